The van der Waals surface area contributed by atoms with E-state index in [1.54, 1.807) is 0 Å². The molecule has 4 nitrogen and oxygen atoms in total. The highest BCUT2D eigenvalue weighted by Crippen LogP contribution is 2.29. The number of nitrogens with one attached hydrogen (secondary N) is 1. The van der Waals surface area contributed by atoms with Crippen molar-refractivity contribution in [3.63, 3.8) is 0 Å². The van der Waals surface area contributed by atoms with Crippen molar-refractivity contribution in [2.75, 3.05) is 0 Å². The van der Waals surface area contributed by atoms with Gasteiger partial charge >= 0.3 is 0 Å². The molecule has 1 saturated carbocycles. The lowest BCUT2D eigenvalue weighted by atomic mass is 9.98. The van der Waals surface area contributed by atoms with Gasteiger partial charge in [0, 0.05) is 6.04 Å². The molecule has 2 fully saturated rings. The Morgan fingerprint density at radius 2 is 1.89 bits per heavy atom. The van der Waals surface area contributed by atoms with Crippen LogP contribution in [0.2, 0.25) is 0 Å². The van der Waals surface area contributed by atoms with Gasteiger partial charge in [-0.15, -0.1) is 0 Å². The van der Waals surface area contributed by atoms with Crippen LogP contribution in [0.15, 0.2) is 0 Å². The van der Waals surface area contributed by atoms with Crippen LogP contribution in [-0.2, 0) is 9.59 Å². The summed E-state index contributed by atoms with van der Waals surface area (Å²) in [6.07, 6.45) is 6.91. The zero-order valence-electron chi connectivity index (χ0n) is 11.4. The van der Waals surface area contributed by atoms with E-state index in [0.29, 0.717) is 12.5 Å². The predicted molar refractivity (Wildman–Crippen MR) is 70.0 cm³/mol. The molecule has 4 heteroatoms. The van der Waals surface area contributed by atoms with E-state index in [-0.39, 0.29) is 23.9 Å². The highest BCUT2D eigenvalue weighted by atomic mass is 16.2. The number of carbonyl (C=O) groups excluding carboxylic acids is 2. The van der Waals surface area contributed by atoms with E-state index >= 15 is 0 Å². The first-order valence-corrected chi connectivity index (χ1v) is 7.31. The Hall–Kier alpha value is -1.06. The minimum Gasteiger partial charge on any atom is -0.343 e. The fourth-order valence-electron chi connectivity index (χ4n) is 3.23. The normalized spacial score (nSPS) is 29.8. The van der Waals surface area contributed by atoms with Crippen molar-refractivity contribution in [3.05, 3.63) is 0 Å². The third kappa shape index (κ3) is 2.38. The standard InChI is InChI=1S/C14H24N2O2/c1-3-7-12-13(17)15-11(4-2)14(18)16(12)10-8-5-6-9-10/h10-12H,3-9H2,1-2H3,(H,15,17). The fraction of sp³-hybridized carbons (Fsp3) is 0.857. The largest absolute Gasteiger partial charge is 0.343 e. The monoisotopic (exact) mass is 252 g/mol. The predicted octanol–water partition coefficient (Wildman–Crippen LogP) is 1.83. The molecule has 1 heterocycles. The van der Waals surface area contributed by atoms with Crippen LogP contribution >= 0.6 is 0 Å². The number of nitrogens with zero attached hydrogens (tertiary/aromatic N) is 1. The second kappa shape index (κ2) is 5.72. The lowest BCUT2D eigenvalue weighted by Gasteiger charge is -2.42. The van der Waals surface area contributed by atoms with E-state index in [4.69, 9.17) is 0 Å². The summed E-state index contributed by atoms with van der Waals surface area (Å²) in [7, 11) is 0. The summed E-state index contributed by atoms with van der Waals surface area (Å²) in [6, 6.07) is -0.228. The molecule has 1 aliphatic heterocycles. The van der Waals surface area contributed by atoms with Gasteiger partial charge in [-0.05, 0) is 25.7 Å². The Balaban J connectivity index is 2.20. The summed E-state index contributed by atoms with van der Waals surface area (Å²) in [4.78, 5) is 26.6. The van der Waals surface area contributed by atoms with E-state index in [0.717, 1.165) is 25.7 Å². The van der Waals surface area contributed by atoms with E-state index in [2.05, 4.69) is 12.2 Å². The zero-order valence-corrected chi connectivity index (χ0v) is 11.4. The van der Waals surface area contributed by atoms with Crippen LogP contribution in [0.4, 0.5) is 0 Å². The van der Waals surface area contributed by atoms with Gasteiger partial charge in [0.2, 0.25) is 11.8 Å². The Labute approximate surface area is 109 Å². The zero-order chi connectivity index (χ0) is 13.1. The van der Waals surface area contributed by atoms with Crippen LogP contribution in [0.3, 0.4) is 0 Å². The van der Waals surface area contributed by atoms with Crippen molar-refractivity contribution < 1.29 is 9.59 Å². The van der Waals surface area contributed by atoms with E-state index < -0.39 is 0 Å². The summed E-state index contributed by atoms with van der Waals surface area (Å²) >= 11 is 0. The van der Waals surface area contributed by atoms with Crippen molar-refractivity contribution >= 4 is 11.8 Å². The Morgan fingerprint density at radius 1 is 1.22 bits per heavy atom. The second-order valence-corrected chi connectivity index (χ2v) is 5.46. The number of hydrogen-bond acceptors (Lipinski definition) is 2. The van der Waals surface area contributed by atoms with Crippen molar-refractivity contribution in [2.24, 2.45) is 0 Å². The molecule has 0 aromatic rings. The molecule has 1 N–H and O–H groups in total. The number of piperazine rings is 1. The van der Waals surface area contributed by atoms with E-state index in [1.165, 1.54) is 12.8 Å². The highest BCUT2D eigenvalue weighted by molar-refractivity contribution is 5.97. The fourth-order valence-corrected chi connectivity index (χ4v) is 3.23. The van der Waals surface area contributed by atoms with Crippen LogP contribution in [0.25, 0.3) is 0 Å². The van der Waals surface area contributed by atoms with Crippen LogP contribution in [0, 0.1) is 0 Å². The first kappa shape index (κ1) is 13.4. The molecule has 2 atom stereocenters. The first-order chi connectivity index (χ1) is 8.69. The van der Waals surface area contributed by atoms with Crippen LogP contribution in [0.1, 0.15) is 58.8 Å². The molecule has 2 amide bonds. The average molecular weight is 252 g/mol. The van der Waals surface area contributed by atoms with Gasteiger partial charge in [-0.1, -0.05) is 33.1 Å². The van der Waals surface area contributed by atoms with Gasteiger partial charge in [0.25, 0.3) is 0 Å². The molecule has 1 saturated heterocycles. The lowest BCUT2D eigenvalue weighted by molar-refractivity contribution is -0.152. The molecule has 1 aliphatic carbocycles. The second-order valence-electron chi connectivity index (χ2n) is 5.46. The summed E-state index contributed by atoms with van der Waals surface area (Å²) < 4.78 is 0. The van der Waals surface area contributed by atoms with Crippen molar-refractivity contribution in [3.8, 4) is 0 Å². The molecule has 2 aliphatic rings. The van der Waals surface area contributed by atoms with Gasteiger partial charge in [-0.25, -0.2) is 0 Å². The number of carbonyl (C=O) groups is 2. The van der Waals surface area contributed by atoms with Gasteiger partial charge in [-0.2, -0.15) is 0 Å². The molecule has 2 unspecified atom stereocenters. The SMILES string of the molecule is CCCC1C(=O)NC(CC)C(=O)N1C1CCCC1. The van der Waals surface area contributed by atoms with Gasteiger partial charge in [-0.3, -0.25) is 9.59 Å². The third-order valence-electron chi connectivity index (χ3n) is 4.20. The Morgan fingerprint density at radius 3 is 2.44 bits per heavy atom. The van der Waals surface area contributed by atoms with Crippen molar-refractivity contribution in [1.82, 2.24) is 10.2 Å². The van der Waals surface area contributed by atoms with Crippen LogP contribution in [0.5, 0.6) is 0 Å². The highest BCUT2D eigenvalue weighted by Gasteiger charge is 2.42. The maximum atomic E-state index is 12.5. The quantitative estimate of drug-likeness (QED) is 0.830. The molecule has 0 aromatic heterocycles. The number of amides is 2. The van der Waals surface area contributed by atoms with Crippen molar-refractivity contribution in [1.29, 1.82) is 0 Å². The number of hydrogen-bond donors (Lipinski definition) is 1. The Bertz CT molecular complexity index is 324. The minimum absolute atomic E-state index is 0.0511. The summed E-state index contributed by atoms with van der Waals surface area (Å²) in [5, 5.41) is 2.87. The maximum Gasteiger partial charge on any atom is 0.246 e. The summed E-state index contributed by atoms with van der Waals surface area (Å²) in [5.74, 6) is 0.192. The Kier molecular flexibility index (Phi) is 4.25. The molecular weight excluding hydrogens is 228 g/mol. The average Bonchev–Trinajstić information content (AvgIpc) is 2.87. The van der Waals surface area contributed by atoms with Crippen molar-refractivity contribution in [2.45, 2.75) is 76.9 Å². The van der Waals surface area contributed by atoms with Crippen LogP contribution < -0.4 is 5.32 Å². The third-order valence-corrected chi connectivity index (χ3v) is 4.20. The maximum absolute atomic E-state index is 12.5. The molecule has 102 valence electrons. The molecule has 0 aromatic carbocycles. The minimum atomic E-state index is -0.300. The van der Waals surface area contributed by atoms with E-state index in [9.17, 15) is 9.59 Å². The van der Waals surface area contributed by atoms with E-state index in [1.807, 2.05) is 11.8 Å². The van der Waals surface area contributed by atoms with Gasteiger partial charge < -0.3 is 10.2 Å². The van der Waals surface area contributed by atoms with Gasteiger partial charge in [0.15, 0.2) is 0 Å². The smallest absolute Gasteiger partial charge is 0.246 e. The van der Waals surface area contributed by atoms with Gasteiger partial charge in [0.05, 0.1) is 0 Å². The molecular formula is C14H24N2O2. The molecule has 0 bridgehead atoms. The summed E-state index contributed by atoms with van der Waals surface area (Å²) in [6.45, 7) is 4.02. The molecule has 2 rings (SSSR count). The number of rotatable bonds is 4. The molecule has 0 spiro atoms. The molecule has 0 radical (unpaired) electrons. The lowest BCUT2D eigenvalue weighted by Crippen LogP contribution is -2.65. The van der Waals surface area contributed by atoms with Gasteiger partial charge in [0.1, 0.15) is 12.1 Å². The first-order valence-electron chi connectivity index (χ1n) is 7.31. The topological polar surface area (TPSA) is 49.4 Å². The van der Waals surface area contributed by atoms with Crippen LogP contribution in [-0.4, -0.2) is 34.8 Å². The molecule has 18 heavy (non-hydrogen) atoms. The summed E-state index contributed by atoms with van der Waals surface area (Å²) in [5.41, 5.74) is 0.